The van der Waals surface area contributed by atoms with Crippen LogP contribution in [0.2, 0.25) is 5.02 Å². The first-order chi connectivity index (χ1) is 7.29. The molecule has 15 heavy (non-hydrogen) atoms. The van der Waals surface area contributed by atoms with Gasteiger partial charge in [-0.25, -0.2) is 0 Å². The average molecular weight is 239 g/mol. The van der Waals surface area contributed by atoms with Gasteiger partial charge >= 0.3 is 0 Å². The van der Waals surface area contributed by atoms with E-state index in [0.717, 1.165) is 4.90 Å². The Kier molecular flexibility index (Phi) is 3.14. The van der Waals surface area contributed by atoms with Gasteiger partial charge in [0.15, 0.2) is 17.1 Å². The minimum Gasteiger partial charge on any atom is -0.447 e. The van der Waals surface area contributed by atoms with Crippen LogP contribution in [-0.4, -0.2) is 6.29 Å². The summed E-state index contributed by atoms with van der Waals surface area (Å²) in [5, 5.41) is 1.33. The molecule has 0 unspecified atom stereocenters. The maximum absolute atomic E-state index is 10.4. The molecule has 2 nitrogen and oxygen atoms in total. The first-order valence-electron chi connectivity index (χ1n) is 4.27. The molecule has 0 N–H and O–H groups in total. The molecule has 1 aromatic heterocycles. The van der Waals surface area contributed by atoms with Gasteiger partial charge in [0.25, 0.3) is 0 Å². The van der Waals surface area contributed by atoms with Crippen molar-refractivity contribution in [3.05, 3.63) is 47.2 Å². The summed E-state index contributed by atoms with van der Waals surface area (Å²) >= 11 is 7.38. The number of carbonyl (C=O) groups excluding carboxylic acids is 1. The van der Waals surface area contributed by atoms with Gasteiger partial charge in [-0.3, -0.25) is 4.79 Å². The Hall–Kier alpha value is -1.19. The summed E-state index contributed by atoms with van der Waals surface area (Å²) in [6.07, 6.45) is 0.677. The zero-order chi connectivity index (χ0) is 10.7. The number of hydrogen-bond donors (Lipinski definition) is 0. The van der Waals surface area contributed by atoms with Crippen molar-refractivity contribution in [1.82, 2.24) is 0 Å². The molecule has 0 aliphatic rings. The quantitative estimate of drug-likeness (QED) is 0.760. The Labute approximate surface area is 96.2 Å². The minimum absolute atomic E-state index is 0.324. The van der Waals surface area contributed by atoms with Crippen molar-refractivity contribution in [2.24, 2.45) is 0 Å². The van der Waals surface area contributed by atoms with E-state index in [1.165, 1.54) is 11.8 Å². The summed E-state index contributed by atoms with van der Waals surface area (Å²) in [6.45, 7) is 0. The molecule has 4 heteroatoms. The second-order valence-corrected chi connectivity index (χ2v) is 4.26. The van der Waals surface area contributed by atoms with E-state index in [0.29, 0.717) is 22.2 Å². The molecule has 76 valence electrons. The molecule has 0 amide bonds. The number of furan rings is 1. The third-order valence-corrected chi connectivity index (χ3v) is 3.20. The fourth-order valence-corrected chi connectivity index (χ4v) is 2.14. The SMILES string of the molecule is O=Cc1ccc(Sc2ccccc2Cl)o1. The van der Waals surface area contributed by atoms with Crippen LogP contribution in [0.3, 0.4) is 0 Å². The molecule has 2 aromatic rings. The van der Waals surface area contributed by atoms with Gasteiger partial charge in [0.2, 0.25) is 0 Å². The summed E-state index contributed by atoms with van der Waals surface area (Å²) < 4.78 is 5.23. The van der Waals surface area contributed by atoms with E-state index in [9.17, 15) is 4.79 Å². The smallest absolute Gasteiger partial charge is 0.185 e. The predicted octanol–water partition coefficient (Wildman–Crippen LogP) is 3.90. The van der Waals surface area contributed by atoms with Crippen molar-refractivity contribution in [2.75, 3.05) is 0 Å². The molecule has 1 heterocycles. The lowest BCUT2D eigenvalue weighted by molar-refractivity contribution is 0.109. The molecular formula is C11H7ClO2S. The van der Waals surface area contributed by atoms with Gasteiger partial charge in [0.1, 0.15) is 0 Å². The van der Waals surface area contributed by atoms with E-state index < -0.39 is 0 Å². The van der Waals surface area contributed by atoms with Crippen LogP contribution in [0.4, 0.5) is 0 Å². The maximum atomic E-state index is 10.4. The van der Waals surface area contributed by atoms with E-state index >= 15 is 0 Å². The van der Waals surface area contributed by atoms with Gasteiger partial charge in [-0.05, 0) is 24.3 Å². The molecule has 0 aliphatic heterocycles. The minimum atomic E-state index is 0.324. The zero-order valence-electron chi connectivity index (χ0n) is 7.64. The van der Waals surface area contributed by atoms with Crippen molar-refractivity contribution in [2.45, 2.75) is 9.99 Å². The highest BCUT2D eigenvalue weighted by molar-refractivity contribution is 7.99. The highest BCUT2D eigenvalue weighted by Gasteiger charge is 2.05. The van der Waals surface area contributed by atoms with Crippen LogP contribution in [0, 0.1) is 0 Å². The summed E-state index contributed by atoms with van der Waals surface area (Å²) in [4.78, 5) is 11.3. The Morgan fingerprint density at radius 2 is 2.00 bits per heavy atom. The van der Waals surface area contributed by atoms with Crippen molar-refractivity contribution >= 4 is 29.6 Å². The van der Waals surface area contributed by atoms with E-state index in [1.807, 2.05) is 24.3 Å². The highest BCUT2D eigenvalue weighted by Crippen LogP contribution is 2.33. The van der Waals surface area contributed by atoms with Gasteiger partial charge < -0.3 is 4.42 Å². The second-order valence-electron chi connectivity index (χ2n) is 2.81. The first-order valence-corrected chi connectivity index (χ1v) is 5.46. The molecule has 0 bridgehead atoms. The van der Waals surface area contributed by atoms with Crippen LogP contribution in [0.15, 0.2) is 50.8 Å². The Morgan fingerprint density at radius 3 is 2.67 bits per heavy atom. The number of rotatable bonds is 3. The zero-order valence-corrected chi connectivity index (χ0v) is 9.22. The fourth-order valence-electron chi connectivity index (χ4n) is 1.09. The number of aldehydes is 1. The van der Waals surface area contributed by atoms with E-state index in [4.69, 9.17) is 16.0 Å². The number of hydrogen-bond acceptors (Lipinski definition) is 3. The average Bonchev–Trinajstić information content (AvgIpc) is 2.69. The lowest BCUT2D eigenvalue weighted by Gasteiger charge is -1.99. The van der Waals surface area contributed by atoms with E-state index in [2.05, 4.69) is 0 Å². The molecule has 1 aromatic carbocycles. The maximum Gasteiger partial charge on any atom is 0.185 e. The Balaban J connectivity index is 2.22. The van der Waals surface area contributed by atoms with Gasteiger partial charge in [-0.1, -0.05) is 35.5 Å². The van der Waals surface area contributed by atoms with Gasteiger partial charge in [-0.2, -0.15) is 0 Å². The molecule has 2 rings (SSSR count). The molecule has 0 fully saturated rings. The molecule has 0 saturated heterocycles. The number of carbonyl (C=O) groups is 1. The fraction of sp³-hybridized carbons (Fsp3) is 0. The summed E-state index contributed by atoms with van der Waals surface area (Å²) in [7, 11) is 0. The van der Waals surface area contributed by atoms with Crippen molar-refractivity contribution < 1.29 is 9.21 Å². The normalized spacial score (nSPS) is 10.2. The molecule has 0 radical (unpaired) electrons. The van der Waals surface area contributed by atoms with Crippen LogP contribution < -0.4 is 0 Å². The molecular weight excluding hydrogens is 232 g/mol. The lowest BCUT2D eigenvalue weighted by atomic mass is 10.4. The van der Waals surface area contributed by atoms with Crippen molar-refractivity contribution in [3.8, 4) is 0 Å². The topological polar surface area (TPSA) is 30.2 Å². The molecule has 0 spiro atoms. The number of benzene rings is 1. The number of halogens is 1. The van der Waals surface area contributed by atoms with Crippen LogP contribution in [0.25, 0.3) is 0 Å². The molecule has 0 saturated carbocycles. The van der Waals surface area contributed by atoms with E-state index in [-0.39, 0.29) is 0 Å². The van der Waals surface area contributed by atoms with Crippen LogP contribution in [0.1, 0.15) is 10.6 Å². The largest absolute Gasteiger partial charge is 0.447 e. The Bertz CT molecular complexity index is 479. The lowest BCUT2D eigenvalue weighted by Crippen LogP contribution is -1.72. The van der Waals surface area contributed by atoms with Crippen LogP contribution >= 0.6 is 23.4 Å². The van der Waals surface area contributed by atoms with Crippen molar-refractivity contribution in [1.29, 1.82) is 0 Å². The van der Waals surface area contributed by atoms with Gasteiger partial charge in [0.05, 0.1) is 5.02 Å². The van der Waals surface area contributed by atoms with Crippen LogP contribution in [-0.2, 0) is 0 Å². The Morgan fingerprint density at radius 1 is 1.20 bits per heavy atom. The third-order valence-electron chi connectivity index (χ3n) is 1.77. The van der Waals surface area contributed by atoms with Crippen LogP contribution in [0.5, 0.6) is 0 Å². The second kappa shape index (κ2) is 4.55. The first kappa shape index (κ1) is 10.3. The van der Waals surface area contributed by atoms with Gasteiger partial charge in [-0.15, -0.1) is 0 Å². The molecule has 0 atom stereocenters. The highest BCUT2D eigenvalue weighted by atomic mass is 35.5. The molecule has 0 aliphatic carbocycles. The monoisotopic (exact) mass is 238 g/mol. The van der Waals surface area contributed by atoms with E-state index in [1.54, 1.807) is 12.1 Å². The standard InChI is InChI=1S/C11H7ClO2S/c12-9-3-1-2-4-10(9)15-11-6-5-8(7-13)14-11/h1-7H. The predicted molar refractivity (Wildman–Crippen MR) is 59.7 cm³/mol. The summed E-state index contributed by atoms with van der Waals surface area (Å²) in [5.41, 5.74) is 0. The summed E-state index contributed by atoms with van der Waals surface area (Å²) in [6, 6.07) is 10.9. The summed E-state index contributed by atoms with van der Waals surface area (Å²) in [5.74, 6) is 0.324. The van der Waals surface area contributed by atoms with Gasteiger partial charge in [0, 0.05) is 4.90 Å². The van der Waals surface area contributed by atoms with Crippen molar-refractivity contribution in [3.63, 3.8) is 0 Å². The third kappa shape index (κ3) is 2.43.